The Kier molecular flexibility index (Phi) is 53.3. The van der Waals surface area contributed by atoms with Gasteiger partial charge in [0.1, 0.15) is 19.8 Å². The third-order valence-corrected chi connectivity index (χ3v) is 14.2. The Hall–Kier alpha value is -2.55. The number of phosphoric ester groups is 1. The second-order valence-electron chi connectivity index (χ2n) is 21.7. The molecule has 0 heterocycles. The van der Waals surface area contributed by atoms with Crippen LogP contribution in [0.5, 0.6) is 0 Å². The molecular formula is C64H117NO8P+. The molecule has 0 aromatic rings. The fourth-order valence-electron chi connectivity index (χ4n) is 8.55. The third kappa shape index (κ3) is 58.7. The zero-order valence-electron chi connectivity index (χ0n) is 48.8. The first-order valence-corrected chi connectivity index (χ1v) is 32.2. The Labute approximate surface area is 457 Å². The summed E-state index contributed by atoms with van der Waals surface area (Å²) in [6, 6.07) is 0. The second-order valence-corrected chi connectivity index (χ2v) is 23.2. The Morgan fingerprint density at radius 1 is 0.432 bits per heavy atom. The highest BCUT2D eigenvalue weighted by atomic mass is 31.2. The lowest BCUT2D eigenvalue weighted by Crippen LogP contribution is -2.37. The van der Waals surface area contributed by atoms with Crippen molar-refractivity contribution in [1.29, 1.82) is 0 Å². The molecular weight excluding hydrogens is 942 g/mol. The molecule has 0 amide bonds. The van der Waals surface area contributed by atoms with E-state index in [9.17, 15) is 19.0 Å². The number of nitrogens with zero attached hydrogens (tertiary/aromatic N) is 1. The van der Waals surface area contributed by atoms with Crippen molar-refractivity contribution in [2.24, 2.45) is 0 Å². The molecule has 0 bridgehead atoms. The van der Waals surface area contributed by atoms with Crippen LogP contribution in [0.2, 0.25) is 0 Å². The maximum Gasteiger partial charge on any atom is 0.472 e. The van der Waals surface area contributed by atoms with Gasteiger partial charge in [-0.15, -0.1) is 0 Å². The predicted molar refractivity (Wildman–Crippen MR) is 316 cm³/mol. The number of allylic oxidation sites excluding steroid dienone is 12. The molecule has 0 radical (unpaired) electrons. The van der Waals surface area contributed by atoms with Crippen LogP contribution in [-0.2, 0) is 32.7 Å². The van der Waals surface area contributed by atoms with E-state index < -0.39 is 26.5 Å². The van der Waals surface area contributed by atoms with Crippen LogP contribution in [0, 0.1) is 0 Å². The highest BCUT2D eigenvalue weighted by Crippen LogP contribution is 2.43. The molecule has 2 atom stereocenters. The Balaban J connectivity index is 4.07. The van der Waals surface area contributed by atoms with Crippen LogP contribution in [0.3, 0.4) is 0 Å². The van der Waals surface area contributed by atoms with Crippen molar-refractivity contribution in [3.05, 3.63) is 72.9 Å². The van der Waals surface area contributed by atoms with E-state index >= 15 is 0 Å². The lowest BCUT2D eigenvalue weighted by atomic mass is 10.0. The summed E-state index contributed by atoms with van der Waals surface area (Å²) < 4.78 is 34.6. The predicted octanol–water partition coefficient (Wildman–Crippen LogP) is 19.3. The van der Waals surface area contributed by atoms with Gasteiger partial charge in [-0.05, 0) is 64.2 Å². The number of rotatable bonds is 56. The van der Waals surface area contributed by atoms with Gasteiger partial charge in [0.15, 0.2) is 6.10 Å². The molecule has 0 saturated carbocycles. The summed E-state index contributed by atoms with van der Waals surface area (Å²) >= 11 is 0. The van der Waals surface area contributed by atoms with Crippen molar-refractivity contribution in [1.82, 2.24) is 0 Å². The van der Waals surface area contributed by atoms with E-state index in [-0.39, 0.29) is 25.6 Å². The van der Waals surface area contributed by atoms with Gasteiger partial charge in [0.25, 0.3) is 0 Å². The molecule has 2 unspecified atom stereocenters. The van der Waals surface area contributed by atoms with Crippen molar-refractivity contribution < 1.29 is 42.1 Å². The number of phosphoric acid groups is 1. The zero-order chi connectivity index (χ0) is 54.2. The van der Waals surface area contributed by atoms with Gasteiger partial charge in [0.2, 0.25) is 0 Å². The van der Waals surface area contributed by atoms with Gasteiger partial charge in [-0.2, -0.15) is 0 Å². The molecule has 430 valence electrons. The number of carbonyl (C=O) groups excluding carboxylic acids is 2. The van der Waals surface area contributed by atoms with E-state index in [1.807, 2.05) is 21.1 Å². The van der Waals surface area contributed by atoms with Gasteiger partial charge in [-0.1, -0.05) is 267 Å². The molecule has 0 aromatic carbocycles. The maximum absolute atomic E-state index is 12.8. The third-order valence-electron chi connectivity index (χ3n) is 13.3. The van der Waals surface area contributed by atoms with Gasteiger partial charge in [0, 0.05) is 12.8 Å². The van der Waals surface area contributed by atoms with Crippen molar-refractivity contribution in [3.8, 4) is 0 Å². The first-order valence-electron chi connectivity index (χ1n) is 30.7. The summed E-state index contributed by atoms with van der Waals surface area (Å²) in [5.74, 6) is -0.788. The van der Waals surface area contributed by atoms with Gasteiger partial charge in [-0.25, -0.2) is 4.57 Å². The molecule has 0 saturated heterocycles. The van der Waals surface area contributed by atoms with Crippen LogP contribution in [-0.4, -0.2) is 74.9 Å². The van der Waals surface area contributed by atoms with E-state index in [0.717, 1.165) is 77.0 Å². The monoisotopic (exact) mass is 1060 g/mol. The number of carbonyl (C=O) groups is 2. The zero-order valence-corrected chi connectivity index (χ0v) is 49.7. The second kappa shape index (κ2) is 55.2. The molecule has 0 aliphatic carbocycles. The van der Waals surface area contributed by atoms with Gasteiger partial charge in [0.05, 0.1) is 27.7 Å². The topological polar surface area (TPSA) is 108 Å². The van der Waals surface area contributed by atoms with E-state index in [1.54, 1.807) is 0 Å². The standard InChI is InChI=1S/C64H116NO8P/c1-6-8-10-12-14-16-18-20-22-24-25-26-27-28-29-30-31-32-33-34-35-36-37-38-39-41-43-45-47-49-51-53-55-57-64(67)73-62(61-72-74(68,69)71-59-58-65(3,4)5)60-70-63(66)56-54-52-50-48-46-44-42-40-23-21-19-17-15-13-11-9-7-2/h8,10,14,16,20,22,25-26,28-29,31-32,62H,6-7,9,11-13,15,17-19,21,23-24,27,30,33-61H2,1-5H3/p+1/b10-8-,16-14-,22-20-,26-25-,29-28-,32-31-. The van der Waals surface area contributed by atoms with Gasteiger partial charge >= 0.3 is 19.8 Å². The number of hydrogen-bond donors (Lipinski definition) is 1. The summed E-state index contributed by atoms with van der Waals surface area (Å²) in [7, 11) is 1.48. The van der Waals surface area contributed by atoms with Gasteiger partial charge < -0.3 is 18.9 Å². The van der Waals surface area contributed by atoms with Crippen LogP contribution in [0.25, 0.3) is 0 Å². The van der Waals surface area contributed by atoms with Crippen LogP contribution < -0.4 is 0 Å². The minimum atomic E-state index is -4.39. The van der Waals surface area contributed by atoms with E-state index in [1.165, 1.54) is 161 Å². The SMILES string of the molecule is CC/C=C\C/C=C\C/C=C\C/C=C\C/C=C\C/C=C\CCCCCCCCCCCCCCCCC(=O)OC(COC(=O)CCCCCCCCCCCCCCCCCCC)COP(=O)(O)OCC[N+](C)(C)C. The highest BCUT2D eigenvalue weighted by molar-refractivity contribution is 7.47. The summed E-state index contributed by atoms with van der Waals surface area (Å²) in [4.78, 5) is 35.7. The largest absolute Gasteiger partial charge is 0.472 e. The normalized spacial score (nSPS) is 13.8. The number of ether oxygens (including phenoxy) is 2. The molecule has 74 heavy (non-hydrogen) atoms. The van der Waals surface area contributed by atoms with Crippen molar-refractivity contribution in [3.63, 3.8) is 0 Å². The molecule has 1 N–H and O–H groups in total. The molecule has 0 aromatic heterocycles. The quantitative estimate of drug-likeness (QED) is 0.0211. The van der Waals surface area contributed by atoms with Crippen molar-refractivity contribution in [2.45, 2.75) is 277 Å². The molecule has 0 aliphatic rings. The van der Waals surface area contributed by atoms with E-state index in [0.29, 0.717) is 23.9 Å². The maximum atomic E-state index is 12.8. The molecule has 0 fully saturated rings. The summed E-state index contributed by atoms with van der Waals surface area (Å²) in [5, 5.41) is 0. The minimum Gasteiger partial charge on any atom is -0.462 e. The van der Waals surface area contributed by atoms with Gasteiger partial charge in [-0.3, -0.25) is 18.6 Å². The van der Waals surface area contributed by atoms with Crippen LogP contribution in [0.15, 0.2) is 72.9 Å². The van der Waals surface area contributed by atoms with Crippen LogP contribution in [0.1, 0.15) is 271 Å². The summed E-state index contributed by atoms with van der Waals surface area (Å²) in [5.41, 5.74) is 0. The average molecular weight is 1060 g/mol. The fraction of sp³-hybridized carbons (Fsp3) is 0.781. The number of unbranched alkanes of at least 4 members (excludes halogenated alkanes) is 30. The van der Waals surface area contributed by atoms with Crippen LogP contribution in [0.4, 0.5) is 0 Å². The Morgan fingerprint density at radius 2 is 0.770 bits per heavy atom. The fourth-order valence-corrected chi connectivity index (χ4v) is 9.29. The minimum absolute atomic E-state index is 0.0316. The first-order chi connectivity index (χ1) is 36.0. The molecule has 0 aliphatic heterocycles. The first kappa shape index (κ1) is 71.5. The lowest BCUT2D eigenvalue weighted by Gasteiger charge is -2.24. The Bertz CT molecular complexity index is 1480. The number of hydrogen-bond acceptors (Lipinski definition) is 7. The molecule has 9 nitrogen and oxygen atoms in total. The van der Waals surface area contributed by atoms with Crippen molar-refractivity contribution in [2.75, 3.05) is 47.5 Å². The highest BCUT2D eigenvalue weighted by Gasteiger charge is 2.27. The van der Waals surface area contributed by atoms with Crippen molar-refractivity contribution >= 4 is 19.8 Å². The lowest BCUT2D eigenvalue weighted by molar-refractivity contribution is -0.870. The molecule has 0 rings (SSSR count). The number of esters is 2. The smallest absolute Gasteiger partial charge is 0.462 e. The summed E-state index contributed by atoms with van der Waals surface area (Å²) in [6.45, 7) is 4.35. The molecule has 10 heteroatoms. The number of quaternary nitrogens is 1. The van der Waals surface area contributed by atoms with Crippen LogP contribution >= 0.6 is 7.82 Å². The molecule has 0 spiro atoms. The summed E-state index contributed by atoms with van der Waals surface area (Å²) in [6.07, 6.45) is 72.6. The average Bonchev–Trinajstić information content (AvgIpc) is 3.36. The number of likely N-dealkylation sites (N-methyl/N-ethyl adjacent to an activating group) is 1. The Morgan fingerprint density at radius 3 is 1.15 bits per heavy atom. The van der Waals surface area contributed by atoms with E-state index in [4.69, 9.17) is 18.5 Å². The van der Waals surface area contributed by atoms with E-state index in [2.05, 4.69) is 86.8 Å².